The van der Waals surface area contributed by atoms with Crippen LogP contribution in [-0.4, -0.2) is 30.6 Å². The van der Waals surface area contributed by atoms with Crippen LogP contribution in [-0.2, 0) is 0 Å². The van der Waals surface area contributed by atoms with Crippen molar-refractivity contribution >= 4 is 11.4 Å². The van der Waals surface area contributed by atoms with Gasteiger partial charge in [-0.3, -0.25) is 4.90 Å². The molecular formula is C14H21F2N3. The highest BCUT2D eigenvalue weighted by molar-refractivity contribution is 5.58. The average Bonchev–Trinajstić information content (AvgIpc) is 2.84. The van der Waals surface area contributed by atoms with Crippen LogP contribution in [0.5, 0.6) is 0 Å². The normalized spacial score (nSPS) is 20.1. The van der Waals surface area contributed by atoms with Gasteiger partial charge < -0.3 is 11.1 Å². The molecule has 0 amide bonds. The molecule has 5 heteroatoms. The Morgan fingerprint density at radius 2 is 2.26 bits per heavy atom. The van der Waals surface area contributed by atoms with Crippen LogP contribution in [0.1, 0.15) is 31.8 Å². The number of halogens is 2. The molecule has 0 saturated carbocycles. The van der Waals surface area contributed by atoms with Gasteiger partial charge in [-0.05, 0) is 44.1 Å². The molecule has 3 nitrogen and oxygen atoms in total. The van der Waals surface area contributed by atoms with Gasteiger partial charge >= 0.3 is 0 Å². The first-order chi connectivity index (χ1) is 9.11. The lowest BCUT2D eigenvalue weighted by atomic mass is 10.1. The summed E-state index contributed by atoms with van der Waals surface area (Å²) in [5, 5.41) is 3.15. The number of rotatable bonds is 5. The summed E-state index contributed by atoms with van der Waals surface area (Å²) in [4.78, 5) is 2.38. The van der Waals surface area contributed by atoms with Crippen LogP contribution in [0.3, 0.4) is 0 Å². The highest BCUT2D eigenvalue weighted by Gasteiger charge is 2.23. The van der Waals surface area contributed by atoms with Crippen LogP contribution in [0.2, 0.25) is 0 Å². The van der Waals surface area contributed by atoms with Gasteiger partial charge in [-0.15, -0.1) is 0 Å². The fraction of sp³-hybridized carbons (Fsp3) is 0.571. The fourth-order valence-corrected chi connectivity index (χ4v) is 2.69. The smallest absolute Gasteiger partial charge is 0.265 e. The number of likely N-dealkylation sites (tertiary alicyclic amines) is 1. The molecule has 1 aromatic rings. The molecular weight excluding hydrogens is 248 g/mol. The number of likely N-dealkylation sites (N-methyl/N-ethyl adjacent to an activating group) is 1. The molecule has 1 saturated heterocycles. The largest absolute Gasteiger partial charge is 0.399 e. The summed E-state index contributed by atoms with van der Waals surface area (Å²) in [6.45, 7) is 4.95. The second-order valence-corrected chi connectivity index (χ2v) is 4.95. The number of nitrogens with one attached hydrogen (secondary N) is 1. The first-order valence-electron chi connectivity index (χ1n) is 6.77. The Hall–Kier alpha value is -1.36. The second-order valence-electron chi connectivity index (χ2n) is 4.95. The Labute approximate surface area is 112 Å². The SMILES string of the molecule is CCN1CCCC1CNc1ccc(N)cc1C(F)F. The van der Waals surface area contributed by atoms with Crippen molar-refractivity contribution in [2.75, 3.05) is 30.7 Å². The zero-order chi connectivity index (χ0) is 13.8. The van der Waals surface area contributed by atoms with Crippen molar-refractivity contribution in [1.82, 2.24) is 4.90 Å². The zero-order valence-electron chi connectivity index (χ0n) is 11.2. The average molecular weight is 269 g/mol. The maximum atomic E-state index is 12.9. The third-order valence-electron chi connectivity index (χ3n) is 3.74. The van der Waals surface area contributed by atoms with Gasteiger partial charge in [-0.1, -0.05) is 6.92 Å². The predicted octanol–water partition coefficient (Wildman–Crippen LogP) is 3.10. The molecule has 0 spiro atoms. The van der Waals surface area contributed by atoms with Gasteiger partial charge in [0.25, 0.3) is 6.43 Å². The highest BCUT2D eigenvalue weighted by Crippen LogP contribution is 2.29. The van der Waals surface area contributed by atoms with Gasteiger partial charge in [0.1, 0.15) is 0 Å². The monoisotopic (exact) mass is 269 g/mol. The number of hydrogen-bond acceptors (Lipinski definition) is 3. The molecule has 1 fully saturated rings. The minimum absolute atomic E-state index is 0.0129. The molecule has 106 valence electrons. The van der Waals surface area contributed by atoms with E-state index in [0.29, 0.717) is 24.0 Å². The number of benzene rings is 1. The Bertz CT molecular complexity index is 423. The van der Waals surface area contributed by atoms with Crippen molar-refractivity contribution in [3.05, 3.63) is 23.8 Å². The molecule has 1 atom stereocenters. The van der Waals surface area contributed by atoms with Crippen LogP contribution in [0.25, 0.3) is 0 Å². The minimum Gasteiger partial charge on any atom is -0.399 e. The van der Waals surface area contributed by atoms with E-state index in [-0.39, 0.29) is 5.56 Å². The fourth-order valence-electron chi connectivity index (χ4n) is 2.69. The van der Waals surface area contributed by atoms with Crippen molar-refractivity contribution in [3.63, 3.8) is 0 Å². The van der Waals surface area contributed by atoms with E-state index in [2.05, 4.69) is 17.1 Å². The molecule has 0 aliphatic carbocycles. The van der Waals surface area contributed by atoms with Crippen LogP contribution in [0, 0.1) is 0 Å². The van der Waals surface area contributed by atoms with E-state index >= 15 is 0 Å². The minimum atomic E-state index is -2.50. The third kappa shape index (κ3) is 3.35. The van der Waals surface area contributed by atoms with Crippen LogP contribution in [0.15, 0.2) is 18.2 Å². The molecule has 0 aromatic heterocycles. The van der Waals surface area contributed by atoms with E-state index < -0.39 is 6.43 Å². The van der Waals surface area contributed by atoms with Crippen molar-refractivity contribution in [2.24, 2.45) is 0 Å². The lowest BCUT2D eigenvalue weighted by molar-refractivity contribution is 0.152. The number of nitrogen functional groups attached to an aromatic ring is 1. The Kier molecular flexibility index (Phi) is 4.58. The highest BCUT2D eigenvalue weighted by atomic mass is 19.3. The van der Waals surface area contributed by atoms with Crippen molar-refractivity contribution < 1.29 is 8.78 Å². The number of anilines is 2. The predicted molar refractivity (Wildman–Crippen MR) is 74.6 cm³/mol. The van der Waals surface area contributed by atoms with E-state index in [9.17, 15) is 8.78 Å². The van der Waals surface area contributed by atoms with Crippen LogP contribution < -0.4 is 11.1 Å². The quantitative estimate of drug-likeness (QED) is 0.807. The molecule has 1 aromatic carbocycles. The standard InChI is InChI=1S/C14H21F2N3/c1-2-19-7-3-4-11(19)9-18-13-6-5-10(17)8-12(13)14(15)16/h5-6,8,11,14,18H,2-4,7,9,17H2,1H3. The van der Waals surface area contributed by atoms with Gasteiger partial charge in [0.15, 0.2) is 0 Å². The second kappa shape index (κ2) is 6.19. The molecule has 1 unspecified atom stereocenters. The van der Waals surface area contributed by atoms with E-state index in [1.54, 1.807) is 12.1 Å². The summed E-state index contributed by atoms with van der Waals surface area (Å²) in [5.74, 6) is 0. The lowest BCUT2D eigenvalue weighted by Gasteiger charge is -2.24. The summed E-state index contributed by atoms with van der Waals surface area (Å²) >= 11 is 0. The summed E-state index contributed by atoms with van der Waals surface area (Å²) < 4.78 is 25.9. The number of nitrogens with zero attached hydrogens (tertiary/aromatic N) is 1. The molecule has 19 heavy (non-hydrogen) atoms. The molecule has 3 N–H and O–H groups in total. The third-order valence-corrected chi connectivity index (χ3v) is 3.74. The Balaban J connectivity index is 2.03. The van der Waals surface area contributed by atoms with E-state index in [1.165, 1.54) is 12.5 Å². The van der Waals surface area contributed by atoms with E-state index in [4.69, 9.17) is 5.73 Å². The molecule has 1 heterocycles. The molecule has 1 aliphatic rings. The summed E-state index contributed by atoms with van der Waals surface area (Å²) in [6.07, 6.45) is -0.194. The lowest BCUT2D eigenvalue weighted by Crippen LogP contribution is -2.34. The molecule has 2 rings (SSSR count). The Morgan fingerprint density at radius 3 is 2.95 bits per heavy atom. The van der Waals surface area contributed by atoms with Gasteiger partial charge in [0.05, 0.1) is 0 Å². The van der Waals surface area contributed by atoms with Gasteiger partial charge in [-0.2, -0.15) is 0 Å². The summed E-state index contributed by atoms with van der Waals surface area (Å²) in [5.41, 5.74) is 6.41. The van der Waals surface area contributed by atoms with Gasteiger partial charge in [0, 0.05) is 29.5 Å². The molecule has 0 bridgehead atoms. The van der Waals surface area contributed by atoms with Gasteiger partial charge in [-0.25, -0.2) is 8.78 Å². The number of nitrogens with two attached hydrogens (primary N) is 1. The van der Waals surface area contributed by atoms with Crippen molar-refractivity contribution in [1.29, 1.82) is 0 Å². The first kappa shape index (κ1) is 14.1. The molecule has 0 radical (unpaired) electrons. The maximum Gasteiger partial charge on any atom is 0.265 e. The topological polar surface area (TPSA) is 41.3 Å². The zero-order valence-corrected chi connectivity index (χ0v) is 11.2. The van der Waals surface area contributed by atoms with E-state index in [0.717, 1.165) is 19.5 Å². The Morgan fingerprint density at radius 1 is 1.47 bits per heavy atom. The van der Waals surface area contributed by atoms with Crippen LogP contribution >= 0.6 is 0 Å². The van der Waals surface area contributed by atoms with Crippen molar-refractivity contribution in [2.45, 2.75) is 32.2 Å². The van der Waals surface area contributed by atoms with Crippen molar-refractivity contribution in [3.8, 4) is 0 Å². The van der Waals surface area contributed by atoms with Gasteiger partial charge in [0.2, 0.25) is 0 Å². The summed E-state index contributed by atoms with van der Waals surface area (Å²) in [7, 11) is 0. The first-order valence-corrected chi connectivity index (χ1v) is 6.77. The maximum absolute atomic E-state index is 12.9. The summed E-state index contributed by atoms with van der Waals surface area (Å²) in [6, 6.07) is 5.08. The van der Waals surface area contributed by atoms with Crippen LogP contribution in [0.4, 0.5) is 20.2 Å². The van der Waals surface area contributed by atoms with E-state index in [1.807, 2.05) is 0 Å². The molecule has 1 aliphatic heterocycles. The number of alkyl halides is 2. The number of hydrogen-bond donors (Lipinski definition) is 2.